The molecule has 0 aliphatic carbocycles. The van der Waals surface area contributed by atoms with E-state index in [0.29, 0.717) is 23.4 Å². The first-order valence-corrected chi connectivity index (χ1v) is 7.23. The average Bonchev–Trinajstić information content (AvgIpc) is 2.51. The lowest BCUT2D eigenvalue weighted by Gasteiger charge is -2.08. The minimum Gasteiger partial charge on any atom is -0.349 e. The maximum absolute atomic E-state index is 12.3. The summed E-state index contributed by atoms with van der Waals surface area (Å²) in [6.07, 6.45) is 4.44. The number of nitrogens with one attached hydrogen (secondary N) is 2. The molecule has 0 unspecified atom stereocenters. The lowest BCUT2D eigenvalue weighted by molar-refractivity contribution is 0.0957. The molecule has 5 nitrogen and oxygen atoms in total. The van der Waals surface area contributed by atoms with Crippen molar-refractivity contribution in [3.63, 3.8) is 0 Å². The molecule has 1 aromatic heterocycles. The van der Waals surface area contributed by atoms with Gasteiger partial charge in [0.25, 0.3) is 11.8 Å². The molecule has 23 heavy (non-hydrogen) atoms. The Bertz CT molecular complexity index is 733. The number of aromatic nitrogens is 1. The van der Waals surface area contributed by atoms with Gasteiger partial charge in [-0.05, 0) is 43.2 Å². The summed E-state index contributed by atoms with van der Waals surface area (Å²) in [5, 5.41) is 5.47. The molecule has 2 rings (SSSR count). The Morgan fingerprint density at radius 3 is 2.26 bits per heavy atom. The van der Waals surface area contributed by atoms with Gasteiger partial charge < -0.3 is 10.6 Å². The third-order valence-electron chi connectivity index (χ3n) is 3.15. The normalized spacial score (nSPS) is 10.0. The van der Waals surface area contributed by atoms with Crippen molar-refractivity contribution >= 4 is 17.5 Å². The number of pyridine rings is 1. The molecule has 2 aromatic rings. The van der Waals surface area contributed by atoms with Crippen LogP contribution in [-0.2, 0) is 0 Å². The zero-order valence-corrected chi connectivity index (χ0v) is 13.2. The second-order valence-electron chi connectivity index (χ2n) is 5.29. The number of nitrogens with zero attached hydrogens (tertiary/aromatic N) is 1. The van der Waals surface area contributed by atoms with Crippen molar-refractivity contribution in [1.29, 1.82) is 0 Å². The van der Waals surface area contributed by atoms with E-state index < -0.39 is 0 Å². The lowest BCUT2D eigenvalue weighted by atomic mass is 10.1. The van der Waals surface area contributed by atoms with Gasteiger partial charge in [0.2, 0.25) is 0 Å². The molecule has 2 amide bonds. The van der Waals surface area contributed by atoms with Crippen molar-refractivity contribution < 1.29 is 9.59 Å². The molecule has 0 saturated heterocycles. The predicted octanol–water partition coefficient (Wildman–Crippen LogP) is 2.87. The first-order chi connectivity index (χ1) is 11.0. The summed E-state index contributed by atoms with van der Waals surface area (Å²) in [6.45, 7) is 7.83. The van der Waals surface area contributed by atoms with Crippen LogP contribution < -0.4 is 10.6 Å². The van der Waals surface area contributed by atoms with Gasteiger partial charge in [-0.15, -0.1) is 6.58 Å². The Kier molecular flexibility index (Phi) is 5.25. The number of carbonyl (C=O) groups excluding carboxylic acids is 2. The summed E-state index contributed by atoms with van der Waals surface area (Å²) in [6, 6.07) is 7.32. The van der Waals surface area contributed by atoms with E-state index in [1.54, 1.807) is 6.08 Å². The van der Waals surface area contributed by atoms with Crippen molar-refractivity contribution in [3.8, 4) is 0 Å². The van der Waals surface area contributed by atoms with E-state index in [-0.39, 0.29) is 11.8 Å². The number of hydrogen-bond donors (Lipinski definition) is 2. The fraction of sp³-hybridized carbons (Fsp3) is 0.167. The lowest BCUT2D eigenvalue weighted by Crippen LogP contribution is -2.24. The Hall–Kier alpha value is -2.95. The van der Waals surface area contributed by atoms with E-state index in [4.69, 9.17) is 0 Å². The van der Waals surface area contributed by atoms with Gasteiger partial charge in [0.15, 0.2) is 0 Å². The minimum absolute atomic E-state index is 0.293. The Balaban J connectivity index is 2.16. The fourth-order valence-corrected chi connectivity index (χ4v) is 2.21. The Morgan fingerprint density at radius 1 is 1.04 bits per heavy atom. The first kappa shape index (κ1) is 16.4. The zero-order valence-electron chi connectivity index (χ0n) is 13.2. The van der Waals surface area contributed by atoms with Crippen LogP contribution in [0.4, 0.5) is 5.69 Å². The molecule has 1 heterocycles. The van der Waals surface area contributed by atoms with Crippen LogP contribution in [0.15, 0.2) is 49.3 Å². The molecular formula is C18H19N3O2. The molecule has 5 heteroatoms. The number of anilines is 1. The molecule has 0 saturated carbocycles. The SMILES string of the molecule is C=CCNC(=O)c1cncc(C(=O)Nc2cc(C)cc(C)c2)c1. The van der Waals surface area contributed by atoms with Crippen LogP contribution in [0, 0.1) is 13.8 Å². The Morgan fingerprint density at radius 2 is 1.65 bits per heavy atom. The maximum atomic E-state index is 12.3. The van der Waals surface area contributed by atoms with E-state index in [0.717, 1.165) is 11.1 Å². The number of amides is 2. The van der Waals surface area contributed by atoms with Crippen molar-refractivity contribution in [2.75, 3.05) is 11.9 Å². The molecule has 0 fully saturated rings. The van der Waals surface area contributed by atoms with Gasteiger partial charge >= 0.3 is 0 Å². The van der Waals surface area contributed by atoms with Gasteiger partial charge in [0, 0.05) is 24.6 Å². The van der Waals surface area contributed by atoms with E-state index in [2.05, 4.69) is 22.2 Å². The molecular weight excluding hydrogens is 290 g/mol. The fourth-order valence-electron chi connectivity index (χ4n) is 2.21. The number of benzene rings is 1. The summed E-state index contributed by atoms with van der Waals surface area (Å²) < 4.78 is 0. The van der Waals surface area contributed by atoms with Gasteiger partial charge in [-0.25, -0.2) is 0 Å². The minimum atomic E-state index is -0.305. The van der Waals surface area contributed by atoms with Gasteiger partial charge in [-0.2, -0.15) is 0 Å². The van der Waals surface area contributed by atoms with Crippen molar-refractivity contribution in [1.82, 2.24) is 10.3 Å². The molecule has 0 aliphatic heterocycles. The molecule has 1 aromatic carbocycles. The largest absolute Gasteiger partial charge is 0.349 e. The van der Waals surface area contributed by atoms with Crippen molar-refractivity contribution in [2.45, 2.75) is 13.8 Å². The topological polar surface area (TPSA) is 71.1 Å². The Labute approximate surface area is 135 Å². The maximum Gasteiger partial charge on any atom is 0.257 e. The number of carbonyl (C=O) groups is 2. The summed E-state index contributed by atoms with van der Waals surface area (Å²) in [5.41, 5.74) is 3.51. The molecule has 0 atom stereocenters. The van der Waals surface area contributed by atoms with Crippen molar-refractivity contribution in [3.05, 3.63) is 71.6 Å². The highest BCUT2D eigenvalue weighted by Gasteiger charge is 2.11. The molecule has 0 radical (unpaired) electrons. The van der Waals surface area contributed by atoms with E-state index >= 15 is 0 Å². The molecule has 0 spiro atoms. The standard InChI is InChI=1S/C18H19N3O2/c1-4-5-20-17(22)14-9-15(11-19-10-14)18(23)21-16-7-12(2)6-13(3)8-16/h4,6-11H,1,5H2,2-3H3,(H,20,22)(H,21,23). The second kappa shape index (κ2) is 7.35. The molecule has 0 bridgehead atoms. The van der Waals surface area contributed by atoms with Crippen LogP contribution >= 0.6 is 0 Å². The van der Waals surface area contributed by atoms with Gasteiger partial charge in [0.1, 0.15) is 0 Å². The molecule has 2 N–H and O–H groups in total. The third-order valence-corrected chi connectivity index (χ3v) is 3.15. The first-order valence-electron chi connectivity index (χ1n) is 7.23. The summed E-state index contributed by atoms with van der Waals surface area (Å²) in [5.74, 6) is -0.598. The third kappa shape index (κ3) is 4.51. The van der Waals surface area contributed by atoms with Crippen LogP contribution in [0.5, 0.6) is 0 Å². The zero-order chi connectivity index (χ0) is 16.8. The number of aryl methyl sites for hydroxylation is 2. The smallest absolute Gasteiger partial charge is 0.257 e. The van der Waals surface area contributed by atoms with Crippen LogP contribution in [-0.4, -0.2) is 23.3 Å². The quantitative estimate of drug-likeness (QED) is 0.834. The highest BCUT2D eigenvalue weighted by atomic mass is 16.2. The van der Waals surface area contributed by atoms with Gasteiger partial charge in [-0.1, -0.05) is 12.1 Å². The number of rotatable bonds is 5. The van der Waals surface area contributed by atoms with E-state index in [1.165, 1.54) is 18.5 Å². The summed E-state index contributed by atoms with van der Waals surface area (Å²) >= 11 is 0. The second-order valence-corrected chi connectivity index (χ2v) is 5.29. The monoisotopic (exact) mass is 309 g/mol. The van der Waals surface area contributed by atoms with Crippen molar-refractivity contribution in [2.24, 2.45) is 0 Å². The van der Waals surface area contributed by atoms with Crippen LogP contribution in [0.3, 0.4) is 0 Å². The average molecular weight is 309 g/mol. The highest BCUT2D eigenvalue weighted by molar-refractivity contribution is 6.05. The highest BCUT2D eigenvalue weighted by Crippen LogP contribution is 2.15. The van der Waals surface area contributed by atoms with E-state index in [9.17, 15) is 9.59 Å². The summed E-state index contributed by atoms with van der Waals surface area (Å²) in [7, 11) is 0. The van der Waals surface area contributed by atoms with E-state index in [1.807, 2.05) is 32.0 Å². The summed E-state index contributed by atoms with van der Waals surface area (Å²) in [4.78, 5) is 28.2. The van der Waals surface area contributed by atoms with Gasteiger partial charge in [0.05, 0.1) is 11.1 Å². The van der Waals surface area contributed by atoms with Crippen LogP contribution in [0.2, 0.25) is 0 Å². The predicted molar refractivity (Wildman–Crippen MR) is 90.6 cm³/mol. The number of hydrogen-bond acceptors (Lipinski definition) is 3. The van der Waals surface area contributed by atoms with Crippen LogP contribution in [0.25, 0.3) is 0 Å². The molecule has 0 aliphatic rings. The van der Waals surface area contributed by atoms with Crippen LogP contribution in [0.1, 0.15) is 31.8 Å². The van der Waals surface area contributed by atoms with Gasteiger partial charge in [-0.3, -0.25) is 14.6 Å². The molecule has 118 valence electrons.